The summed E-state index contributed by atoms with van der Waals surface area (Å²) < 4.78 is 0. The number of aromatic nitrogens is 3. The van der Waals surface area contributed by atoms with Crippen molar-refractivity contribution in [1.82, 2.24) is 15.2 Å². The van der Waals surface area contributed by atoms with Gasteiger partial charge in [0.25, 0.3) is 0 Å². The second-order valence-electron chi connectivity index (χ2n) is 4.22. The van der Waals surface area contributed by atoms with Gasteiger partial charge in [-0.05, 0) is 31.0 Å². The number of amides is 1. The number of nitrogens with zero attached hydrogens (tertiary/aromatic N) is 2. The number of rotatable bonds is 6. The van der Waals surface area contributed by atoms with E-state index in [0.717, 1.165) is 23.8 Å². The summed E-state index contributed by atoms with van der Waals surface area (Å²) in [5.74, 6) is -0.557. The fourth-order valence-corrected chi connectivity index (χ4v) is 1.99. The van der Waals surface area contributed by atoms with E-state index in [4.69, 9.17) is 11.1 Å². The maximum absolute atomic E-state index is 11.3. The van der Waals surface area contributed by atoms with E-state index in [1.807, 2.05) is 0 Å². The monoisotopic (exact) mass is 257 g/mol. The average molecular weight is 257 g/mol. The molecule has 0 aliphatic rings. The number of carbonyl (C=O) groups excluding carboxylic acids is 1. The minimum absolute atomic E-state index is 0.250. The van der Waals surface area contributed by atoms with Gasteiger partial charge in [-0.15, -0.1) is 0 Å². The molecule has 0 fully saturated rings. The number of carbonyl (C=O) groups is 1. The summed E-state index contributed by atoms with van der Waals surface area (Å²) in [5.41, 5.74) is 7.81. The molecule has 0 radical (unpaired) electrons. The number of fused-ring (bicyclic) bond motifs is 1. The molecule has 4 N–H and O–H groups in total. The van der Waals surface area contributed by atoms with E-state index in [2.05, 4.69) is 21.8 Å². The van der Waals surface area contributed by atoms with Gasteiger partial charge in [-0.3, -0.25) is 9.89 Å². The van der Waals surface area contributed by atoms with Crippen LogP contribution in [-0.2, 0) is 11.2 Å². The van der Waals surface area contributed by atoms with Crippen LogP contribution in [-0.4, -0.2) is 27.3 Å². The number of unbranched alkanes of at least 4 members (excludes halogenated alkanes) is 1. The van der Waals surface area contributed by atoms with E-state index in [0.29, 0.717) is 17.6 Å². The van der Waals surface area contributed by atoms with Crippen LogP contribution in [0.5, 0.6) is 0 Å². The summed E-state index contributed by atoms with van der Waals surface area (Å²) in [5, 5.41) is 14.7. The molecule has 0 atom stereocenters. The highest BCUT2D eigenvalue weighted by Crippen LogP contribution is 2.25. The molecule has 0 aliphatic heterocycles. The predicted octanol–water partition coefficient (Wildman–Crippen LogP) is 1.43. The Morgan fingerprint density at radius 2 is 2.32 bits per heavy atom. The summed E-state index contributed by atoms with van der Waals surface area (Å²) in [6.45, 7) is 3.71. The van der Waals surface area contributed by atoms with Crippen LogP contribution in [0.1, 0.15) is 24.0 Å². The standard InChI is InChI=1S/C13H15N5O/c1-8(12(15)19)10-6-16-13-11(7-17-18-13)9(10)4-2-3-5-14/h5-7,14H,1-4H2,(H2,15,19)(H,16,17,18). The van der Waals surface area contributed by atoms with E-state index >= 15 is 0 Å². The van der Waals surface area contributed by atoms with Crippen LogP contribution in [0.25, 0.3) is 16.6 Å². The maximum Gasteiger partial charge on any atom is 0.248 e. The number of primary amides is 1. The number of aryl methyl sites for hydroxylation is 1. The van der Waals surface area contributed by atoms with Crippen molar-refractivity contribution in [2.24, 2.45) is 5.73 Å². The Bertz CT molecular complexity index is 644. The average Bonchev–Trinajstić information content (AvgIpc) is 2.86. The zero-order valence-corrected chi connectivity index (χ0v) is 10.4. The second kappa shape index (κ2) is 5.43. The molecule has 0 unspecified atom stereocenters. The molecule has 2 aromatic heterocycles. The van der Waals surface area contributed by atoms with Crippen LogP contribution in [0.3, 0.4) is 0 Å². The van der Waals surface area contributed by atoms with Crippen LogP contribution in [0.4, 0.5) is 0 Å². The third kappa shape index (κ3) is 2.52. The van der Waals surface area contributed by atoms with Gasteiger partial charge in [0.1, 0.15) is 0 Å². The molecule has 2 aromatic rings. The van der Waals surface area contributed by atoms with Gasteiger partial charge in [-0.2, -0.15) is 5.10 Å². The number of hydrogen-bond acceptors (Lipinski definition) is 4. The lowest BCUT2D eigenvalue weighted by atomic mass is 9.96. The van der Waals surface area contributed by atoms with Crippen molar-refractivity contribution >= 4 is 28.7 Å². The summed E-state index contributed by atoms with van der Waals surface area (Å²) in [6.07, 6.45) is 6.86. The van der Waals surface area contributed by atoms with E-state index < -0.39 is 5.91 Å². The topological polar surface area (TPSA) is 109 Å². The van der Waals surface area contributed by atoms with Crippen molar-refractivity contribution in [3.8, 4) is 0 Å². The first-order valence-electron chi connectivity index (χ1n) is 5.94. The van der Waals surface area contributed by atoms with Gasteiger partial charge in [-0.1, -0.05) is 6.58 Å². The highest BCUT2D eigenvalue weighted by molar-refractivity contribution is 6.18. The van der Waals surface area contributed by atoms with Crippen molar-refractivity contribution in [3.05, 3.63) is 30.1 Å². The lowest BCUT2D eigenvalue weighted by Crippen LogP contribution is -2.13. The van der Waals surface area contributed by atoms with Gasteiger partial charge in [0.15, 0.2) is 5.65 Å². The molecule has 6 nitrogen and oxygen atoms in total. The predicted molar refractivity (Wildman–Crippen MR) is 73.8 cm³/mol. The molecule has 0 saturated heterocycles. The molecule has 2 rings (SSSR count). The van der Waals surface area contributed by atoms with Crippen LogP contribution in [0.2, 0.25) is 0 Å². The molecule has 6 heteroatoms. The minimum Gasteiger partial charge on any atom is -0.366 e. The Morgan fingerprint density at radius 1 is 1.53 bits per heavy atom. The Morgan fingerprint density at radius 3 is 3.00 bits per heavy atom. The lowest BCUT2D eigenvalue weighted by Gasteiger charge is -2.10. The molecule has 98 valence electrons. The number of nitrogens with one attached hydrogen (secondary N) is 2. The Labute approximate surface area is 110 Å². The number of H-pyrrole nitrogens is 1. The molecule has 0 aliphatic carbocycles. The summed E-state index contributed by atoms with van der Waals surface area (Å²) >= 11 is 0. The van der Waals surface area contributed by atoms with Crippen molar-refractivity contribution in [2.45, 2.75) is 19.3 Å². The van der Waals surface area contributed by atoms with Crippen molar-refractivity contribution in [1.29, 1.82) is 5.41 Å². The summed E-state index contributed by atoms with van der Waals surface area (Å²) in [7, 11) is 0. The summed E-state index contributed by atoms with van der Waals surface area (Å²) in [4.78, 5) is 15.5. The molecular weight excluding hydrogens is 242 g/mol. The third-order valence-electron chi connectivity index (χ3n) is 2.99. The molecular formula is C13H15N5O. The van der Waals surface area contributed by atoms with Crippen molar-refractivity contribution < 1.29 is 4.79 Å². The van der Waals surface area contributed by atoms with Crippen LogP contribution in [0, 0.1) is 5.41 Å². The van der Waals surface area contributed by atoms with E-state index in [9.17, 15) is 4.79 Å². The molecule has 0 spiro atoms. The zero-order chi connectivity index (χ0) is 13.8. The number of hydrogen-bond donors (Lipinski definition) is 3. The summed E-state index contributed by atoms with van der Waals surface area (Å²) in [6, 6.07) is 0. The van der Waals surface area contributed by atoms with Gasteiger partial charge >= 0.3 is 0 Å². The van der Waals surface area contributed by atoms with Crippen LogP contribution < -0.4 is 5.73 Å². The first-order valence-corrected chi connectivity index (χ1v) is 5.94. The fraction of sp³-hybridized carbons (Fsp3) is 0.231. The first-order chi connectivity index (χ1) is 9.15. The fourth-order valence-electron chi connectivity index (χ4n) is 1.99. The Hall–Kier alpha value is -2.50. The van der Waals surface area contributed by atoms with Gasteiger partial charge in [0.2, 0.25) is 5.91 Å². The highest BCUT2D eigenvalue weighted by atomic mass is 16.1. The lowest BCUT2D eigenvalue weighted by molar-refractivity contribution is -0.112. The van der Waals surface area contributed by atoms with Gasteiger partial charge in [0, 0.05) is 22.7 Å². The van der Waals surface area contributed by atoms with Gasteiger partial charge in [-0.25, -0.2) is 4.98 Å². The third-order valence-corrected chi connectivity index (χ3v) is 2.99. The number of aromatic amines is 1. The van der Waals surface area contributed by atoms with E-state index in [1.165, 1.54) is 6.21 Å². The van der Waals surface area contributed by atoms with Gasteiger partial charge < -0.3 is 11.1 Å². The van der Waals surface area contributed by atoms with Crippen molar-refractivity contribution in [2.75, 3.05) is 0 Å². The number of pyridine rings is 1. The van der Waals surface area contributed by atoms with E-state index in [-0.39, 0.29) is 5.57 Å². The first kappa shape index (κ1) is 12.9. The molecule has 0 saturated carbocycles. The zero-order valence-electron chi connectivity index (χ0n) is 10.4. The van der Waals surface area contributed by atoms with Gasteiger partial charge in [0.05, 0.1) is 6.20 Å². The Balaban J connectivity index is 2.49. The maximum atomic E-state index is 11.3. The molecule has 0 aromatic carbocycles. The quantitative estimate of drug-likeness (QED) is 0.413. The molecule has 0 bridgehead atoms. The minimum atomic E-state index is -0.557. The van der Waals surface area contributed by atoms with Crippen LogP contribution >= 0.6 is 0 Å². The second-order valence-corrected chi connectivity index (χ2v) is 4.22. The molecule has 19 heavy (non-hydrogen) atoms. The van der Waals surface area contributed by atoms with E-state index in [1.54, 1.807) is 12.4 Å². The van der Waals surface area contributed by atoms with Crippen molar-refractivity contribution in [3.63, 3.8) is 0 Å². The number of nitrogens with two attached hydrogens (primary N) is 1. The normalized spacial score (nSPS) is 10.5. The SMILES string of the molecule is C=C(C(N)=O)c1cnc2[nH]ncc2c1CCCC=N. The molecule has 2 heterocycles. The smallest absolute Gasteiger partial charge is 0.248 e. The highest BCUT2D eigenvalue weighted by Gasteiger charge is 2.15. The largest absolute Gasteiger partial charge is 0.366 e. The Kier molecular flexibility index (Phi) is 3.70. The van der Waals surface area contributed by atoms with Crippen LogP contribution in [0.15, 0.2) is 19.0 Å². The molecule has 1 amide bonds.